The van der Waals surface area contributed by atoms with Crippen LogP contribution in [0.3, 0.4) is 0 Å². The zero-order chi connectivity index (χ0) is 33.0. The molecule has 47 heavy (non-hydrogen) atoms. The van der Waals surface area contributed by atoms with Crippen LogP contribution in [0.4, 0.5) is 11.4 Å². The number of benzene rings is 2. The molecule has 0 radical (unpaired) electrons. The predicted molar refractivity (Wildman–Crippen MR) is 188 cm³/mol. The molecule has 2 aromatic carbocycles. The van der Waals surface area contributed by atoms with Crippen molar-refractivity contribution in [2.24, 2.45) is 5.41 Å². The first-order valence-corrected chi connectivity index (χ1v) is 16.8. The minimum Gasteiger partial charge on any atom is -0.486 e. The third-order valence-corrected chi connectivity index (χ3v) is 9.33. The van der Waals surface area contributed by atoms with Crippen molar-refractivity contribution in [2.75, 3.05) is 68.8 Å². The van der Waals surface area contributed by atoms with Crippen molar-refractivity contribution in [3.8, 4) is 17.1 Å². The molecule has 0 spiro atoms. The quantitative estimate of drug-likeness (QED) is 0.290. The van der Waals surface area contributed by atoms with Gasteiger partial charge < -0.3 is 25.2 Å². The highest BCUT2D eigenvalue weighted by Gasteiger charge is 2.39. The van der Waals surface area contributed by atoms with E-state index in [4.69, 9.17) is 39.5 Å². The number of hydrogen-bond acceptors (Lipinski definition) is 9. The lowest BCUT2D eigenvalue weighted by atomic mass is 10.2. The summed E-state index contributed by atoms with van der Waals surface area (Å²) in [6.07, 6.45) is 5.65. The Hall–Kier alpha value is -3.61. The molecule has 248 valence electrons. The number of halogens is 3. The van der Waals surface area contributed by atoms with Crippen LogP contribution in [0.15, 0.2) is 70.5 Å². The normalized spacial score (nSPS) is 17.1. The van der Waals surface area contributed by atoms with Crippen molar-refractivity contribution in [1.82, 2.24) is 30.2 Å². The van der Waals surface area contributed by atoms with Crippen molar-refractivity contribution in [3.63, 3.8) is 0 Å². The Morgan fingerprint density at radius 1 is 0.745 bits per heavy atom. The summed E-state index contributed by atoms with van der Waals surface area (Å²) >= 11 is 18.3. The second-order valence-corrected chi connectivity index (χ2v) is 13.4. The van der Waals surface area contributed by atoms with Gasteiger partial charge in [0.05, 0.1) is 36.1 Å². The van der Waals surface area contributed by atoms with Gasteiger partial charge in [-0.05, 0) is 49.2 Å². The zero-order valence-electron chi connectivity index (χ0n) is 26.1. The molecular formula is C33H37Cl3N8O3. The van der Waals surface area contributed by atoms with Crippen LogP contribution in [0.5, 0.6) is 5.75 Å². The number of aromatic nitrogens is 4. The van der Waals surface area contributed by atoms with Gasteiger partial charge in [-0.25, -0.2) is 0 Å². The molecule has 3 fully saturated rings. The van der Waals surface area contributed by atoms with Gasteiger partial charge in [0, 0.05) is 67.8 Å². The summed E-state index contributed by atoms with van der Waals surface area (Å²) in [5.41, 5.74) is 2.30. The number of hydrogen-bond donors (Lipinski definition) is 2. The fourth-order valence-corrected chi connectivity index (χ4v) is 6.05. The van der Waals surface area contributed by atoms with Crippen LogP contribution >= 0.6 is 34.8 Å². The molecule has 2 N–H and O–H groups in total. The number of piperazine rings is 2. The average molecular weight is 700 g/mol. The zero-order valence-corrected chi connectivity index (χ0v) is 28.4. The van der Waals surface area contributed by atoms with Gasteiger partial charge in [-0.1, -0.05) is 53.9 Å². The van der Waals surface area contributed by atoms with E-state index < -0.39 is 0 Å². The van der Waals surface area contributed by atoms with Crippen molar-refractivity contribution >= 4 is 46.2 Å². The Morgan fingerprint density at radius 2 is 1.23 bits per heavy atom. The molecule has 14 heteroatoms. The number of anilines is 2. The third-order valence-electron chi connectivity index (χ3n) is 8.50. The van der Waals surface area contributed by atoms with E-state index in [9.17, 15) is 9.59 Å². The number of ether oxygens (including phenoxy) is 1. The molecule has 2 aromatic heterocycles. The lowest BCUT2D eigenvalue weighted by molar-refractivity contribution is 0.243. The summed E-state index contributed by atoms with van der Waals surface area (Å²) in [5, 5.41) is 16.5. The van der Waals surface area contributed by atoms with Gasteiger partial charge in [-0.3, -0.25) is 9.59 Å². The Kier molecular flexibility index (Phi) is 10.4. The van der Waals surface area contributed by atoms with Crippen LogP contribution in [-0.4, -0.2) is 78.5 Å². The molecule has 0 unspecified atom stereocenters. The Bertz CT molecular complexity index is 1830. The van der Waals surface area contributed by atoms with Crippen LogP contribution in [0.25, 0.3) is 11.4 Å². The van der Waals surface area contributed by atoms with Gasteiger partial charge in [-0.2, -0.15) is 19.6 Å². The second-order valence-electron chi connectivity index (χ2n) is 12.2. The van der Waals surface area contributed by atoms with E-state index in [1.54, 1.807) is 48.8 Å². The van der Waals surface area contributed by atoms with E-state index in [0.29, 0.717) is 39.5 Å². The third kappa shape index (κ3) is 7.93. The summed E-state index contributed by atoms with van der Waals surface area (Å²) < 4.78 is 8.70. The topological polar surface area (TPSA) is 110 Å². The molecule has 2 aliphatic heterocycles. The van der Waals surface area contributed by atoms with Crippen LogP contribution in [0.2, 0.25) is 15.1 Å². The van der Waals surface area contributed by atoms with Crippen molar-refractivity contribution in [1.29, 1.82) is 0 Å². The number of nitrogens with one attached hydrogen (secondary N) is 2. The van der Waals surface area contributed by atoms with Gasteiger partial charge in [-0.15, -0.1) is 0 Å². The van der Waals surface area contributed by atoms with E-state index in [0.717, 1.165) is 70.9 Å². The molecule has 0 amide bonds. The number of rotatable bonds is 7. The first-order chi connectivity index (χ1) is 22.7. The molecule has 4 heterocycles. The summed E-state index contributed by atoms with van der Waals surface area (Å²) in [5.74, 6) is 0.384. The largest absolute Gasteiger partial charge is 0.486 e. The Morgan fingerprint density at radius 3 is 1.74 bits per heavy atom. The summed E-state index contributed by atoms with van der Waals surface area (Å²) in [4.78, 5) is 29.8. The predicted octanol–water partition coefficient (Wildman–Crippen LogP) is 4.42. The molecule has 11 nitrogen and oxygen atoms in total. The standard InChI is InChI=1S/C19H23ClN4O2.C14H14Cl2N4O/c1-19(5-6-19)13-26-17-16(23-9-7-21-8-10-23)12-22-24(18(17)25)15-4-2-3-14(20)11-15;15-10-2-1-3-11(8-10)20-14(21)13(16)12(9-18-20)19-6-4-17-5-7-19/h2-4,11-12,21H,5-10,13H2,1H3;1-3,8-9,17H,4-7H2. The average Bonchev–Trinajstić information content (AvgIpc) is 3.83. The van der Waals surface area contributed by atoms with Gasteiger partial charge in [0.2, 0.25) is 5.75 Å². The second kappa shape index (κ2) is 14.7. The van der Waals surface area contributed by atoms with Gasteiger partial charge in [0.25, 0.3) is 5.56 Å². The molecule has 4 aromatic rings. The van der Waals surface area contributed by atoms with Gasteiger partial charge in [0.1, 0.15) is 10.7 Å². The van der Waals surface area contributed by atoms with Crippen LogP contribution in [-0.2, 0) is 0 Å². The molecule has 7 rings (SSSR count). The maximum atomic E-state index is 13.2. The Labute approximate surface area is 288 Å². The lowest BCUT2D eigenvalue weighted by Crippen LogP contribution is -2.44. The molecule has 3 aliphatic rings. The van der Waals surface area contributed by atoms with Crippen LogP contribution in [0.1, 0.15) is 19.8 Å². The first kappa shape index (κ1) is 33.3. The molecule has 2 saturated heterocycles. The highest BCUT2D eigenvalue weighted by atomic mass is 35.5. The van der Waals surface area contributed by atoms with E-state index in [1.807, 2.05) is 12.1 Å². The van der Waals surface area contributed by atoms with E-state index in [1.165, 1.54) is 9.36 Å². The van der Waals surface area contributed by atoms with E-state index in [2.05, 4.69) is 37.6 Å². The molecule has 0 atom stereocenters. The highest BCUT2D eigenvalue weighted by molar-refractivity contribution is 6.33. The van der Waals surface area contributed by atoms with Crippen molar-refractivity contribution in [3.05, 3.63) is 96.7 Å². The van der Waals surface area contributed by atoms with Gasteiger partial charge >= 0.3 is 5.56 Å². The summed E-state index contributed by atoms with van der Waals surface area (Å²) in [6, 6.07) is 14.1. The fourth-order valence-electron chi connectivity index (χ4n) is 5.43. The maximum absolute atomic E-state index is 13.2. The first-order valence-electron chi connectivity index (χ1n) is 15.7. The lowest BCUT2D eigenvalue weighted by Gasteiger charge is -2.30. The molecule has 1 aliphatic carbocycles. The Balaban J connectivity index is 0.000000168. The fraction of sp³-hybridized carbons (Fsp3) is 0.394. The summed E-state index contributed by atoms with van der Waals surface area (Å²) in [7, 11) is 0. The van der Waals surface area contributed by atoms with Crippen molar-refractivity contribution < 1.29 is 4.74 Å². The SMILES string of the molecule is CC1(COc2c(N3CCNCC3)cnn(-c3cccc(Cl)c3)c2=O)CC1.O=c1c(Cl)c(N2CCNCC2)cnn1-c1cccc(Cl)c1. The van der Waals surface area contributed by atoms with Crippen LogP contribution < -0.4 is 36.3 Å². The minimum atomic E-state index is -0.338. The van der Waals surface area contributed by atoms with Gasteiger partial charge in [0.15, 0.2) is 0 Å². The molecular weight excluding hydrogens is 663 g/mol. The summed E-state index contributed by atoms with van der Waals surface area (Å²) in [6.45, 7) is 9.52. The van der Waals surface area contributed by atoms with E-state index >= 15 is 0 Å². The monoisotopic (exact) mass is 698 g/mol. The maximum Gasteiger partial charge on any atom is 0.316 e. The highest BCUT2D eigenvalue weighted by Crippen LogP contribution is 2.45. The smallest absolute Gasteiger partial charge is 0.316 e. The van der Waals surface area contributed by atoms with Crippen LogP contribution in [0, 0.1) is 5.41 Å². The van der Waals surface area contributed by atoms with Crippen molar-refractivity contribution in [2.45, 2.75) is 19.8 Å². The van der Waals surface area contributed by atoms with E-state index in [-0.39, 0.29) is 21.6 Å². The minimum absolute atomic E-state index is 0.187. The molecule has 0 bridgehead atoms. The number of nitrogens with zero attached hydrogens (tertiary/aromatic N) is 6. The molecule has 1 saturated carbocycles.